The van der Waals surface area contributed by atoms with Crippen molar-refractivity contribution in [2.45, 2.75) is 40.5 Å². The first-order valence-corrected chi connectivity index (χ1v) is 5.60. The molecule has 0 aromatic carbocycles. The van der Waals surface area contributed by atoms with Crippen LogP contribution in [0.25, 0.3) is 0 Å². The Balaban J connectivity index is -0.000000147. The molecule has 2 N–H and O–H groups in total. The maximum absolute atomic E-state index is 8.25. The van der Waals surface area contributed by atoms with Crippen molar-refractivity contribution >= 4 is 0 Å². The van der Waals surface area contributed by atoms with Gasteiger partial charge in [-0.15, -0.1) is 0 Å². The van der Waals surface area contributed by atoms with Crippen molar-refractivity contribution in [2.24, 2.45) is 11.8 Å². The van der Waals surface area contributed by atoms with Crippen molar-refractivity contribution in [1.82, 2.24) is 0 Å². The summed E-state index contributed by atoms with van der Waals surface area (Å²) in [6.07, 6.45) is 1.86. The van der Waals surface area contributed by atoms with Gasteiger partial charge in [-0.1, -0.05) is 27.7 Å². The molecule has 0 aliphatic rings. The predicted molar refractivity (Wildman–Crippen MR) is 53.8 cm³/mol. The van der Waals surface area contributed by atoms with Crippen LogP contribution in [-0.2, 0) is 23.7 Å². The molecular weight excluding hydrogens is 216 g/mol. The zero-order chi connectivity index (χ0) is 12.0. The van der Waals surface area contributed by atoms with E-state index in [-0.39, 0.29) is 0 Å². The molecule has 0 aliphatic carbocycles. The zero-order valence-electron chi connectivity index (χ0n) is 9.79. The molecule has 0 radical (unpaired) electrons. The Kier molecular flexibility index (Phi) is 27.2. The topological polar surface area (TPSA) is 57.5 Å². The minimum atomic E-state index is 0.331. The molecule has 0 fully saturated rings. The Morgan fingerprint density at radius 3 is 1.07 bits per heavy atom. The van der Waals surface area contributed by atoms with E-state index >= 15 is 0 Å². The monoisotopic (exact) mass is 240 g/mol. The molecule has 4 heteroatoms. The normalized spacial score (nSPS) is 8.79. The van der Waals surface area contributed by atoms with Crippen LogP contribution in [-0.4, -0.2) is 23.4 Å². The van der Waals surface area contributed by atoms with Crippen LogP contribution >= 0.6 is 0 Å². The first-order valence-electron chi connectivity index (χ1n) is 4.96. The summed E-state index contributed by atoms with van der Waals surface area (Å²) in [6, 6.07) is 0. The number of rotatable bonds is 4. The Morgan fingerprint density at radius 1 is 0.857 bits per heavy atom. The first-order chi connectivity index (χ1) is 6.54. The fraction of sp³-hybridized carbons (Fsp3) is 1.00. The molecule has 0 aromatic rings. The van der Waals surface area contributed by atoms with E-state index in [1.54, 1.807) is 0 Å². The Hall–Kier alpha value is 0.434. The van der Waals surface area contributed by atoms with Gasteiger partial charge >= 0.3 is 23.7 Å². The molecule has 14 heavy (non-hydrogen) atoms. The van der Waals surface area contributed by atoms with Crippen LogP contribution in [0.3, 0.4) is 0 Å². The molecule has 0 rings (SSSR count). The number of hydrogen-bond acceptors (Lipinski definition) is 3. The molecule has 0 heterocycles. The third kappa shape index (κ3) is 39.3. The third-order valence-electron chi connectivity index (χ3n) is 1.41. The van der Waals surface area contributed by atoms with E-state index in [0.717, 1.165) is 33.2 Å². The quantitative estimate of drug-likeness (QED) is 0.738. The maximum atomic E-state index is 8.25. The van der Waals surface area contributed by atoms with Crippen LogP contribution < -0.4 is 0 Å². The Labute approximate surface area is 99.6 Å². The molecule has 0 aliphatic heterocycles. The molecule has 0 saturated carbocycles. The summed E-state index contributed by atoms with van der Waals surface area (Å²) in [5, 5.41) is 16.5. The molecule has 0 saturated heterocycles. The molecule has 86 valence electrons. The van der Waals surface area contributed by atoms with Crippen molar-refractivity contribution in [3.63, 3.8) is 0 Å². The van der Waals surface area contributed by atoms with Gasteiger partial charge in [0.05, 0.1) is 0 Å². The fourth-order valence-electron chi connectivity index (χ4n) is 0.516. The summed E-state index contributed by atoms with van der Waals surface area (Å²) < 4.78 is 8.25. The second-order valence-electron chi connectivity index (χ2n) is 3.81. The molecule has 3 nitrogen and oxygen atoms in total. The van der Waals surface area contributed by atoms with E-state index in [4.69, 9.17) is 13.5 Å². The van der Waals surface area contributed by atoms with Crippen molar-refractivity contribution < 1.29 is 33.9 Å². The molecule has 0 aromatic heterocycles. The first kappa shape index (κ1) is 19.9. The third-order valence-corrected chi connectivity index (χ3v) is 1.41. The standard InChI is InChI=1S/2C5H12O.O.Ti/c2*1-5(2)3-4-6;;/h2*5-6H,3-4H2,1-2H3;;. The van der Waals surface area contributed by atoms with E-state index in [2.05, 4.69) is 27.7 Å². The van der Waals surface area contributed by atoms with E-state index < -0.39 is 0 Å². The average molecular weight is 240 g/mol. The summed E-state index contributed by atoms with van der Waals surface area (Å²) in [6.45, 7) is 9.04. The van der Waals surface area contributed by atoms with Crippen molar-refractivity contribution in [2.75, 3.05) is 13.2 Å². The number of aliphatic hydroxyl groups excluding tert-OH is 2. The summed E-state index contributed by atoms with van der Waals surface area (Å²) in [5.74, 6) is 1.30. The summed E-state index contributed by atoms with van der Waals surface area (Å²) in [7, 11) is 0. The van der Waals surface area contributed by atoms with E-state index in [9.17, 15) is 0 Å². The summed E-state index contributed by atoms with van der Waals surface area (Å²) >= 11 is 0.750. The van der Waals surface area contributed by atoms with Gasteiger partial charge in [0, 0.05) is 13.2 Å². The van der Waals surface area contributed by atoms with Gasteiger partial charge in [0.25, 0.3) is 0 Å². The van der Waals surface area contributed by atoms with Crippen LogP contribution in [0.4, 0.5) is 0 Å². The van der Waals surface area contributed by atoms with Crippen molar-refractivity contribution in [3.05, 3.63) is 0 Å². The van der Waals surface area contributed by atoms with Gasteiger partial charge in [0.2, 0.25) is 0 Å². The molecule has 0 amide bonds. The fourth-order valence-corrected chi connectivity index (χ4v) is 0.516. The molecule has 0 unspecified atom stereocenters. The SMILES string of the molecule is CC(C)CCO.CC(C)CCO.[O]=[Ti]. The van der Waals surface area contributed by atoms with Crippen LogP contribution in [0.1, 0.15) is 40.5 Å². The van der Waals surface area contributed by atoms with Crippen LogP contribution in [0.2, 0.25) is 0 Å². The second kappa shape index (κ2) is 19.1. The van der Waals surface area contributed by atoms with Crippen molar-refractivity contribution in [1.29, 1.82) is 0 Å². The molecule has 0 spiro atoms. The van der Waals surface area contributed by atoms with Gasteiger partial charge in [0.15, 0.2) is 0 Å². The van der Waals surface area contributed by atoms with Crippen LogP contribution in [0.15, 0.2) is 0 Å². The zero-order valence-corrected chi connectivity index (χ0v) is 11.3. The number of aliphatic hydroxyl groups is 2. The molecular formula is C10H24O3Ti. The summed E-state index contributed by atoms with van der Waals surface area (Å²) in [4.78, 5) is 0. The molecule has 0 bridgehead atoms. The van der Waals surface area contributed by atoms with Gasteiger partial charge in [-0.25, -0.2) is 0 Å². The van der Waals surface area contributed by atoms with Crippen molar-refractivity contribution in [3.8, 4) is 0 Å². The van der Waals surface area contributed by atoms with E-state index in [1.807, 2.05) is 0 Å². The van der Waals surface area contributed by atoms with Crippen LogP contribution in [0, 0.1) is 11.8 Å². The Morgan fingerprint density at radius 2 is 1.07 bits per heavy atom. The van der Waals surface area contributed by atoms with Gasteiger partial charge in [0.1, 0.15) is 0 Å². The van der Waals surface area contributed by atoms with Gasteiger partial charge in [-0.2, -0.15) is 0 Å². The van der Waals surface area contributed by atoms with Gasteiger partial charge < -0.3 is 10.2 Å². The minimum absolute atomic E-state index is 0.331. The Bertz CT molecular complexity index is 77.4. The molecule has 0 atom stereocenters. The average Bonchev–Trinajstić information content (AvgIpc) is 2.08. The summed E-state index contributed by atoms with van der Waals surface area (Å²) in [5.41, 5.74) is 0. The second-order valence-corrected chi connectivity index (χ2v) is 3.81. The van der Waals surface area contributed by atoms with E-state index in [1.165, 1.54) is 0 Å². The van der Waals surface area contributed by atoms with Gasteiger partial charge in [-0.3, -0.25) is 0 Å². The van der Waals surface area contributed by atoms with Crippen LogP contribution in [0.5, 0.6) is 0 Å². The van der Waals surface area contributed by atoms with E-state index in [0.29, 0.717) is 25.0 Å². The number of hydrogen-bond donors (Lipinski definition) is 2. The predicted octanol–water partition coefficient (Wildman–Crippen LogP) is 1.93. The van der Waals surface area contributed by atoms with Gasteiger partial charge in [-0.05, 0) is 24.7 Å².